The number of anilines is 1. The zero-order chi connectivity index (χ0) is 19.9. The van der Waals surface area contributed by atoms with Crippen LogP contribution >= 0.6 is 11.8 Å². The molecule has 2 aromatic carbocycles. The summed E-state index contributed by atoms with van der Waals surface area (Å²) in [5, 5.41) is 7.14. The highest BCUT2D eigenvalue weighted by Gasteiger charge is 2.07. The minimum absolute atomic E-state index is 0.119. The molecule has 0 atom stereocenters. The summed E-state index contributed by atoms with van der Waals surface area (Å²) in [7, 11) is 0. The van der Waals surface area contributed by atoms with Gasteiger partial charge in [0, 0.05) is 46.7 Å². The van der Waals surface area contributed by atoms with Crippen molar-refractivity contribution in [2.75, 3.05) is 5.32 Å². The van der Waals surface area contributed by atoms with Gasteiger partial charge in [0.25, 0.3) is 5.91 Å². The number of carbonyl (C=O) groups is 1. The van der Waals surface area contributed by atoms with Crippen molar-refractivity contribution in [1.29, 1.82) is 0 Å². The van der Waals surface area contributed by atoms with Crippen LogP contribution in [0.3, 0.4) is 0 Å². The number of nitrogens with one attached hydrogen (secondary N) is 1. The Kier molecular flexibility index (Phi) is 6.02. The summed E-state index contributed by atoms with van der Waals surface area (Å²) in [4.78, 5) is 17.8. The summed E-state index contributed by atoms with van der Waals surface area (Å²) >= 11 is 1.74. The molecule has 6 heteroatoms. The molecule has 4 aromatic rings. The Balaban J connectivity index is 1.32. The number of carbonyl (C=O) groups excluding carboxylic acids is 1. The van der Waals surface area contributed by atoms with E-state index in [0.717, 1.165) is 21.9 Å². The van der Waals surface area contributed by atoms with Crippen molar-refractivity contribution in [2.45, 2.75) is 17.2 Å². The lowest BCUT2D eigenvalue weighted by molar-refractivity contribution is 0.102. The van der Waals surface area contributed by atoms with Crippen LogP contribution in [0, 0.1) is 0 Å². The lowest BCUT2D eigenvalue weighted by Crippen LogP contribution is -2.12. The predicted octanol–water partition coefficient (Wildman–Crippen LogP) is 4.87. The highest BCUT2D eigenvalue weighted by atomic mass is 32.2. The van der Waals surface area contributed by atoms with Crippen LogP contribution in [0.5, 0.6) is 0 Å². The van der Waals surface area contributed by atoms with E-state index in [1.807, 2.05) is 77.7 Å². The zero-order valence-electron chi connectivity index (χ0n) is 15.7. The molecule has 2 heterocycles. The van der Waals surface area contributed by atoms with E-state index in [4.69, 9.17) is 0 Å². The summed E-state index contributed by atoms with van der Waals surface area (Å²) in [6.07, 6.45) is 7.32. The number of pyridine rings is 1. The van der Waals surface area contributed by atoms with E-state index in [1.54, 1.807) is 24.2 Å². The normalized spacial score (nSPS) is 10.6. The summed E-state index contributed by atoms with van der Waals surface area (Å²) in [5.74, 6) is 0.746. The highest BCUT2D eigenvalue weighted by Crippen LogP contribution is 2.24. The molecule has 0 bridgehead atoms. The van der Waals surface area contributed by atoms with Crippen LogP contribution in [0.2, 0.25) is 0 Å². The van der Waals surface area contributed by atoms with Gasteiger partial charge >= 0.3 is 0 Å². The van der Waals surface area contributed by atoms with Crippen LogP contribution < -0.4 is 5.32 Å². The third-order valence-electron chi connectivity index (χ3n) is 4.36. The molecule has 2 aromatic heterocycles. The first-order chi connectivity index (χ1) is 14.3. The zero-order valence-corrected chi connectivity index (χ0v) is 16.5. The maximum absolute atomic E-state index is 12.5. The topological polar surface area (TPSA) is 59.8 Å². The van der Waals surface area contributed by atoms with Crippen LogP contribution in [-0.4, -0.2) is 20.7 Å². The Morgan fingerprint density at radius 2 is 1.76 bits per heavy atom. The lowest BCUT2D eigenvalue weighted by Gasteiger charge is -2.08. The minimum Gasteiger partial charge on any atom is -0.322 e. The summed E-state index contributed by atoms with van der Waals surface area (Å²) < 4.78 is 1.85. The quantitative estimate of drug-likeness (QED) is 0.450. The molecular formula is C23H20N4OS. The number of amides is 1. The SMILES string of the molecule is O=C(Nc1ccc(SCc2cccnc2)cc1)c1ccc(Cn2cccn2)cc1. The van der Waals surface area contributed by atoms with E-state index >= 15 is 0 Å². The maximum atomic E-state index is 12.5. The molecule has 144 valence electrons. The molecule has 5 nitrogen and oxygen atoms in total. The van der Waals surface area contributed by atoms with E-state index in [2.05, 4.69) is 21.5 Å². The monoisotopic (exact) mass is 400 g/mol. The Labute approximate surface area is 173 Å². The van der Waals surface area contributed by atoms with Crippen molar-refractivity contribution >= 4 is 23.4 Å². The first-order valence-electron chi connectivity index (χ1n) is 9.26. The van der Waals surface area contributed by atoms with Crippen LogP contribution in [0.25, 0.3) is 0 Å². The van der Waals surface area contributed by atoms with Crippen molar-refractivity contribution < 1.29 is 4.79 Å². The van der Waals surface area contributed by atoms with E-state index < -0.39 is 0 Å². The molecule has 0 aliphatic heterocycles. The van der Waals surface area contributed by atoms with Gasteiger partial charge in [-0.1, -0.05) is 18.2 Å². The van der Waals surface area contributed by atoms with E-state index in [1.165, 1.54) is 5.56 Å². The first kappa shape index (κ1) is 19.0. The van der Waals surface area contributed by atoms with Crippen molar-refractivity contribution in [3.05, 3.63) is 108 Å². The first-order valence-corrected chi connectivity index (χ1v) is 10.2. The van der Waals surface area contributed by atoms with Crippen molar-refractivity contribution in [3.8, 4) is 0 Å². The number of aromatic nitrogens is 3. The number of thioether (sulfide) groups is 1. The third kappa shape index (κ3) is 5.33. The van der Waals surface area contributed by atoms with Crippen molar-refractivity contribution in [3.63, 3.8) is 0 Å². The molecule has 0 radical (unpaired) electrons. The lowest BCUT2D eigenvalue weighted by atomic mass is 10.1. The molecule has 4 rings (SSSR count). The number of hydrogen-bond acceptors (Lipinski definition) is 4. The number of nitrogens with zero attached hydrogens (tertiary/aromatic N) is 3. The molecule has 0 spiro atoms. The van der Waals surface area contributed by atoms with Gasteiger partial charge in [-0.25, -0.2) is 0 Å². The minimum atomic E-state index is -0.119. The molecule has 0 aliphatic carbocycles. The molecule has 1 amide bonds. The van der Waals surface area contributed by atoms with E-state index in [-0.39, 0.29) is 5.91 Å². The Hall–Kier alpha value is -3.38. The Morgan fingerprint density at radius 3 is 2.45 bits per heavy atom. The average molecular weight is 401 g/mol. The second-order valence-electron chi connectivity index (χ2n) is 6.53. The second-order valence-corrected chi connectivity index (χ2v) is 7.58. The molecule has 0 saturated heterocycles. The van der Waals surface area contributed by atoms with Crippen molar-refractivity contribution in [2.24, 2.45) is 0 Å². The fourth-order valence-corrected chi connectivity index (χ4v) is 3.66. The van der Waals surface area contributed by atoms with Gasteiger partial charge in [-0.3, -0.25) is 14.5 Å². The van der Waals surface area contributed by atoms with Crippen molar-refractivity contribution in [1.82, 2.24) is 14.8 Å². The second kappa shape index (κ2) is 9.21. The Bertz CT molecular complexity index is 1050. The molecule has 1 N–H and O–H groups in total. The number of hydrogen-bond donors (Lipinski definition) is 1. The predicted molar refractivity (Wildman–Crippen MR) is 116 cm³/mol. The van der Waals surface area contributed by atoms with Crippen LogP contribution in [-0.2, 0) is 12.3 Å². The Morgan fingerprint density at radius 1 is 0.931 bits per heavy atom. The van der Waals surface area contributed by atoms with Gasteiger partial charge < -0.3 is 5.32 Å². The molecule has 0 saturated carbocycles. The van der Waals surface area contributed by atoms with Gasteiger partial charge in [-0.2, -0.15) is 5.10 Å². The summed E-state index contributed by atoms with van der Waals surface area (Å²) in [5.41, 5.74) is 3.69. The number of benzene rings is 2. The smallest absolute Gasteiger partial charge is 0.255 e. The largest absolute Gasteiger partial charge is 0.322 e. The third-order valence-corrected chi connectivity index (χ3v) is 5.44. The molecule has 0 unspecified atom stereocenters. The maximum Gasteiger partial charge on any atom is 0.255 e. The van der Waals surface area contributed by atoms with Crippen LogP contribution in [0.4, 0.5) is 5.69 Å². The standard InChI is InChI=1S/C23H20N4OS/c28-23(20-6-4-18(5-7-20)16-27-14-2-13-25-27)26-21-8-10-22(11-9-21)29-17-19-3-1-12-24-15-19/h1-15H,16-17H2,(H,26,28). The van der Waals surface area contributed by atoms with Gasteiger partial charge in [0.05, 0.1) is 6.54 Å². The number of rotatable bonds is 7. The van der Waals surface area contributed by atoms with E-state index in [0.29, 0.717) is 12.1 Å². The molecular weight excluding hydrogens is 380 g/mol. The van der Waals surface area contributed by atoms with Gasteiger partial charge in [0.15, 0.2) is 0 Å². The van der Waals surface area contributed by atoms with Gasteiger partial charge in [0.1, 0.15) is 0 Å². The molecule has 0 aliphatic rings. The molecule has 0 fully saturated rings. The van der Waals surface area contributed by atoms with Gasteiger partial charge in [-0.15, -0.1) is 11.8 Å². The highest BCUT2D eigenvalue weighted by molar-refractivity contribution is 7.98. The summed E-state index contributed by atoms with van der Waals surface area (Å²) in [6, 6.07) is 21.4. The molecule has 29 heavy (non-hydrogen) atoms. The summed E-state index contributed by atoms with van der Waals surface area (Å²) in [6.45, 7) is 0.688. The van der Waals surface area contributed by atoms with Gasteiger partial charge in [0.2, 0.25) is 0 Å². The van der Waals surface area contributed by atoms with E-state index in [9.17, 15) is 4.79 Å². The fraction of sp³-hybridized carbons (Fsp3) is 0.0870. The fourth-order valence-electron chi connectivity index (χ4n) is 2.83. The average Bonchev–Trinajstić information content (AvgIpc) is 3.27. The van der Waals surface area contributed by atoms with Crippen LogP contribution in [0.15, 0.2) is 96.4 Å². The van der Waals surface area contributed by atoms with Gasteiger partial charge in [-0.05, 0) is 59.7 Å². The van der Waals surface area contributed by atoms with Crippen LogP contribution in [0.1, 0.15) is 21.5 Å².